The summed E-state index contributed by atoms with van der Waals surface area (Å²) >= 11 is 0. The van der Waals surface area contributed by atoms with Gasteiger partial charge in [0, 0.05) is 19.0 Å². The summed E-state index contributed by atoms with van der Waals surface area (Å²) in [6.07, 6.45) is 0.258. The summed E-state index contributed by atoms with van der Waals surface area (Å²) in [6, 6.07) is 30.8. The lowest BCUT2D eigenvalue weighted by atomic mass is 10.0. The number of carbonyl (C=O) groups is 2. The molecule has 0 bridgehead atoms. The molecule has 8 nitrogen and oxygen atoms in total. The quantitative estimate of drug-likeness (QED) is 0.192. The number of carbonyl (C=O) groups excluding carboxylic acids is 2. The zero-order valence-corrected chi connectivity index (χ0v) is 27.0. The van der Waals surface area contributed by atoms with Gasteiger partial charge in [-0.05, 0) is 80.8 Å². The van der Waals surface area contributed by atoms with Crippen molar-refractivity contribution in [3.05, 3.63) is 126 Å². The summed E-state index contributed by atoms with van der Waals surface area (Å²) in [5.41, 5.74) is 3.04. The van der Waals surface area contributed by atoms with Gasteiger partial charge in [0.1, 0.15) is 18.3 Å². The predicted molar refractivity (Wildman–Crippen MR) is 178 cm³/mol. The van der Waals surface area contributed by atoms with Crippen molar-refractivity contribution in [1.29, 1.82) is 0 Å². The standard InChI is InChI=1S/C36H41N3O5S/c1-5-44-32-20-22-33(23-21-32)45(42,43)39(31-18-10-7-11-19-31)26-35(40)38(25-30-17-13-12-14-28(30)4)34(36(41)37-27(2)3)24-29-15-8-6-9-16-29/h6-23,27,34H,5,24-26H2,1-4H3,(H,37,41). The number of anilines is 1. The topological polar surface area (TPSA) is 96.0 Å². The number of sulfonamides is 1. The summed E-state index contributed by atoms with van der Waals surface area (Å²) in [5.74, 6) is -0.268. The van der Waals surface area contributed by atoms with E-state index in [4.69, 9.17) is 4.74 Å². The molecule has 1 unspecified atom stereocenters. The molecule has 236 valence electrons. The van der Waals surface area contributed by atoms with Crippen molar-refractivity contribution < 1.29 is 22.7 Å². The number of amides is 2. The third kappa shape index (κ3) is 8.73. The molecule has 4 rings (SSSR count). The Bertz CT molecular complexity index is 1660. The highest BCUT2D eigenvalue weighted by Gasteiger charge is 2.35. The minimum Gasteiger partial charge on any atom is -0.494 e. The number of hydrogen-bond acceptors (Lipinski definition) is 5. The van der Waals surface area contributed by atoms with E-state index < -0.39 is 28.5 Å². The van der Waals surface area contributed by atoms with E-state index in [0.29, 0.717) is 18.0 Å². The minimum absolute atomic E-state index is 0.0199. The average Bonchev–Trinajstić information content (AvgIpc) is 3.03. The Morgan fingerprint density at radius 2 is 1.42 bits per heavy atom. The second-order valence-electron chi connectivity index (χ2n) is 11.1. The van der Waals surface area contributed by atoms with Crippen LogP contribution in [0.25, 0.3) is 0 Å². The molecule has 0 saturated carbocycles. The Balaban J connectivity index is 1.78. The van der Waals surface area contributed by atoms with E-state index in [1.807, 2.05) is 82.3 Å². The lowest BCUT2D eigenvalue weighted by Gasteiger charge is -2.34. The molecular formula is C36H41N3O5S. The highest BCUT2D eigenvalue weighted by molar-refractivity contribution is 7.92. The zero-order valence-electron chi connectivity index (χ0n) is 26.2. The van der Waals surface area contributed by atoms with E-state index in [2.05, 4.69) is 5.32 Å². The SMILES string of the molecule is CCOc1ccc(S(=O)(=O)N(CC(=O)N(Cc2ccccc2C)C(Cc2ccccc2)C(=O)NC(C)C)c2ccccc2)cc1. The molecule has 2 amide bonds. The van der Waals surface area contributed by atoms with Crippen LogP contribution in [0.3, 0.4) is 0 Å². The minimum atomic E-state index is -4.19. The van der Waals surface area contributed by atoms with Gasteiger partial charge in [0.15, 0.2) is 0 Å². The molecule has 0 aliphatic rings. The first-order valence-electron chi connectivity index (χ1n) is 15.1. The normalized spacial score (nSPS) is 11.9. The lowest BCUT2D eigenvalue weighted by Crippen LogP contribution is -2.54. The molecule has 1 N–H and O–H groups in total. The van der Waals surface area contributed by atoms with E-state index in [0.717, 1.165) is 21.0 Å². The number of para-hydroxylation sites is 1. The van der Waals surface area contributed by atoms with Gasteiger partial charge in [0.05, 0.1) is 17.2 Å². The average molecular weight is 628 g/mol. The smallest absolute Gasteiger partial charge is 0.264 e. The van der Waals surface area contributed by atoms with Crippen molar-refractivity contribution in [1.82, 2.24) is 10.2 Å². The number of rotatable bonds is 14. The molecule has 0 fully saturated rings. The molecule has 45 heavy (non-hydrogen) atoms. The monoisotopic (exact) mass is 627 g/mol. The number of benzene rings is 4. The van der Waals surface area contributed by atoms with Crippen molar-refractivity contribution in [2.75, 3.05) is 17.5 Å². The van der Waals surface area contributed by atoms with Crippen LogP contribution in [-0.2, 0) is 32.6 Å². The van der Waals surface area contributed by atoms with E-state index in [9.17, 15) is 18.0 Å². The van der Waals surface area contributed by atoms with Crippen molar-refractivity contribution in [3.8, 4) is 5.75 Å². The lowest BCUT2D eigenvalue weighted by molar-refractivity contribution is -0.140. The van der Waals surface area contributed by atoms with E-state index in [1.165, 1.54) is 17.0 Å². The summed E-state index contributed by atoms with van der Waals surface area (Å²) in [5, 5.41) is 2.98. The Hall–Kier alpha value is -4.63. The number of hydrogen-bond donors (Lipinski definition) is 1. The first-order chi connectivity index (χ1) is 21.6. The molecule has 0 aromatic heterocycles. The second kappa shape index (κ2) is 15.4. The fraction of sp³-hybridized carbons (Fsp3) is 0.278. The fourth-order valence-corrected chi connectivity index (χ4v) is 6.44. The predicted octanol–water partition coefficient (Wildman–Crippen LogP) is 5.75. The summed E-state index contributed by atoms with van der Waals surface area (Å²) in [4.78, 5) is 29.8. The number of ether oxygens (including phenoxy) is 1. The summed E-state index contributed by atoms with van der Waals surface area (Å²) in [6.45, 7) is 7.60. The van der Waals surface area contributed by atoms with Crippen LogP contribution in [0, 0.1) is 6.92 Å². The van der Waals surface area contributed by atoms with Gasteiger partial charge in [-0.3, -0.25) is 13.9 Å². The Morgan fingerprint density at radius 1 is 0.822 bits per heavy atom. The molecule has 0 radical (unpaired) electrons. The molecule has 0 heterocycles. The molecule has 0 spiro atoms. The molecule has 0 saturated heterocycles. The third-order valence-electron chi connectivity index (χ3n) is 7.35. The maximum Gasteiger partial charge on any atom is 0.264 e. The second-order valence-corrected chi connectivity index (χ2v) is 12.9. The van der Waals surface area contributed by atoms with Crippen LogP contribution in [0.2, 0.25) is 0 Å². The molecule has 9 heteroatoms. The van der Waals surface area contributed by atoms with Crippen molar-refractivity contribution in [2.45, 2.75) is 57.6 Å². The summed E-state index contributed by atoms with van der Waals surface area (Å²) in [7, 11) is -4.19. The van der Waals surface area contributed by atoms with Gasteiger partial charge in [-0.25, -0.2) is 8.42 Å². The molecule has 4 aromatic rings. The van der Waals surface area contributed by atoms with Crippen LogP contribution >= 0.6 is 0 Å². The van der Waals surface area contributed by atoms with Crippen molar-refractivity contribution in [3.63, 3.8) is 0 Å². The Kier molecular flexibility index (Phi) is 11.4. The zero-order chi connectivity index (χ0) is 32.4. The number of nitrogens with one attached hydrogen (secondary N) is 1. The van der Waals surface area contributed by atoms with Crippen LogP contribution in [0.4, 0.5) is 5.69 Å². The number of aryl methyl sites for hydroxylation is 1. The van der Waals surface area contributed by atoms with Crippen molar-refractivity contribution in [2.24, 2.45) is 0 Å². The van der Waals surface area contributed by atoms with Gasteiger partial charge < -0.3 is 15.0 Å². The molecular weight excluding hydrogens is 586 g/mol. The first-order valence-corrected chi connectivity index (χ1v) is 16.5. The van der Waals surface area contributed by atoms with Gasteiger partial charge in [-0.2, -0.15) is 0 Å². The summed E-state index contributed by atoms with van der Waals surface area (Å²) < 4.78 is 34.9. The largest absolute Gasteiger partial charge is 0.494 e. The Labute approximate surface area is 266 Å². The maximum absolute atomic E-state index is 14.5. The van der Waals surface area contributed by atoms with Gasteiger partial charge in [0.2, 0.25) is 11.8 Å². The van der Waals surface area contributed by atoms with Crippen LogP contribution < -0.4 is 14.4 Å². The van der Waals surface area contributed by atoms with Crippen LogP contribution in [0.5, 0.6) is 5.75 Å². The van der Waals surface area contributed by atoms with Gasteiger partial charge in [0.25, 0.3) is 10.0 Å². The third-order valence-corrected chi connectivity index (χ3v) is 9.14. The van der Waals surface area contributed by atoms with Gasteiger partial charge in [-0.1, -0.05) is 72.8 Å². The van der Waals surface area contributed by atoms with E-state index in [-0.39, 0.29) is 29.8 Å². The molecule has 1 atom stereocenters. The molecule has 0 aliphatic carbocycles. The van der Waals surface area contributed by atoms with Gasteiger partial charge >= 0.3 is 0 Å². The first kappa shape index (κ1) is 33.3. The Morgan fingerprint density at radius 3 is 2.02 bits per heavy atom. The number of nitrogens with zero attached hydrogens (tertiary/aromatic N) is 2. The fourth-order valence-electron chi connectivity index (χ4n) is 5.03. The van der Waals surface area contributed by atoms with E-state index in [1.54, 1.807) is 42.5 Å². The highest BCUT2D eigenvalue weighted by Crippen LogP contribution is 2.26. The van der Waals surface area contributed by atoms with E-state index >= 15 is 0 Å². The van der Waals surface area contributed by atoms with Crippen molar-refractivity contribution >= 4 is 27.5 Å². The van der Waals surface area contributed by atoms with Gasteiger partial charge in [-0.15, -0.1) is 0 Å². The molecule has 0 aliphatic heterocycles. The highest BCUT2D eigenvalue weighted by atomic mass is 32.2. The maximum atomic E-state index is 14.5. The molecule has 4 aromatic carbocycles. The van der Waals surface area contributed by atoms with Crippen LogP contribution in [-0.4, -0.2) is 50.4 Å². The van der Waals surface area contributed by atoms with Crippen LogP contribution in [0.15, 0.2) is 114 Å². The van der Waals surface area contributed by atoms with Crippen LogP contribution in [0.1, 0.15) is 37.5 Å².